The number of fused-ring (bicyclic) bond motifs is 2. The van der Waals surface area contributed by atoms with Crippen molar-refractivity contribution < 1.29 is 19.1 Å². The van der Waals surface area contributed by atoms with Crippen molar-refractivity contribution in [3.63, 3.8) is 0 Å². The van der Waals surface area contributed by atoms with Gasteiger partial charge in [0.2, 0.25) is 0 Å². The molecule has 2 aromatic rings. The van der Waals surface area contributed by atoms with Crippen molar-refractivity contribution in [1.82, 2.24) is 9.80 Å². The fourth-order valence-corrected chi connectivity index (χ4v) is 5.50. The molecule has 0 aromatic heterocycles. The molecule has 2 amide bonds. The molecular weight excluding hydrogens is 466 g/mol. The summed E-state index contributed by atoms with van der Waals surface area (Å²) < 4.78 is 5.77. The molecule has 0 radical (unpaired) electrons. The second-order valence-electron chi connectivity index (χ2n) is 9.31. The maximum atomic E-state index is 13.4. The summed E-state index contributed by atoms with van der Waals surface area (Å²) in [5, 5.41) is 0.322. The Morgan fingerprint density at radius 2 is 1.83 bits per heavy atom. The summed E-state index contributed by atoms with van der Waals surface area (Å²) >= 11 is 6.61. The van der Waals surface area contributed by atoms with Crippen LogP contribution in [-0.4, -0.2) is 60.3 Å². The van der Waals surface area contributed by atoms with Gasteiger partial charge in [0.1, 0.15) is 5.70 Å². The number of hydrogen-bond acceptors (Lipinski definition) is 5. The van der Waals surface area contributed by atoms with E-state index in [1.54, 1.807) is 23.1 Å². The summed E-state index contributed by atoms with van der Waals surface area (Å²) in [6.45, 7) is 2.86. The van der Waals surface area contributed by atoms with Gasteiger partial charge < -0.3 is 19.4 Å². The molecule has 0 unspecified atom stereocenters. The Bertz CT molecular complexity index is 1320. The Morgan fingerprint density at radius 1 is 1.00 bits per heavy atom. The highest BCUT2D eigenvalue weighted by atomic mass is 35.5. The van der Waals surface area contributed by atoms with Crippen LogP contribution in [-0.2, 0) is 15.1 Å². The van der Waals surface area contributed by atoms with Crippen molar-refractivity contribution >= 4 is 35.1 Å². The largest absolute Gasteiger partial charge is 0.449 e. The lowest BCUT2D eigenvalue weighted by atomic mass is 9.91. The predicted octanol–water partition coefficient (Wildman–Crippen LogP) is 3.74. The molecule has 4 heterocycles. The number of nitrogens with zero attached hydrogens (tertiary/aromatic N) is 3. The van der Waals surface area contributed by atoms with Crippen LogP contribution < -0.4 is 4.90 Å². The number of esters is 1. The number of ether oxygens (including phenoxy) is 1. The molecule has 2 fully saturated rings. The smallest absolute Gasteiger partial charge is 0.339 e. The third-order valence-corrected chi connectivity index (χ3v) is 7.58. The second-order valence-corrected chi connectivity index (χ2v) is 9.71. The first-order valence-corrected chi connectivity index (χ1v) is 12.2. The van der Waals surface area contributed by atoms with Crippen molar-refractivity contribution in [1.29, 1.82) is 0 Å². The molecule has 0 bridgehead atoms. The highest BCUT2D eigenvalue weighted by molar-refractivity contribution is 6.34. The van der Waals surface area contributed by atoms with Gasteiger partial charge >= 0.3 is 5.97 Å². The minimum absolute atomic E-state index is 0.00521. The fourth-order valence-electron chi connectivity index (χ4n) is 5.25. The van der Waals surface area contributed by atoms with Crippen molar-refractivity contribution in [2.45, 2.75) is 18.4 Å². The van der Waals surface area contributed by atoms with Crippen LogP contribution in [0.5, 0.6) is 0 Å². The van der Waals surface area contributed by atoms with Crippen LogP contribution >= 0.6 is 11.6 Å². The summed E-state index contributed by atoms with van der Waals surface area (Å²) in [7, 11) is 0. The van der Waals surface area contributed by atoms with Crippen LogP contribution in [0.25, 0.3) is 0 Å². The number of anilines is 1. The summed E-state index contributed by atoms with van der Waals surface area (Å²) in [4.78, 5) is 44.1. The lowest BCUT2D eigenvalue weighted by Crippen LogP contribution is -2.46. The van der Waals surface area contributed by atoms with Crippen LogP contribution in [0.1, 0.15) is 39.1 Å². The first-order chi connectivity index (χ1) is 17.0. The van der Waals surface area contributed by atoms with Gasteiger partial charge in [-0.2, -0.15) is 0 Å². The Balaban J connectivity index is 1.22. The zero-order valence-electron chi connectivity index (χ0n) is 19.1. The fraction of sp³-hybridized carbons (Fsp3) is 0.296. The van der Waals surface area contributed by atoms with Crippen molar-refractivity contribution in [3.05, 3.63) is 88.1 Å². The van der Waals surface area contributed by atoms with Crippen molar-refractivity contribution in [2.75, 3.05) is 37.6 Å². The lowest BCUT2D eigenvalue weighted by Gasteiger charge is -2.36. The number of amides is 2. The molecule has 1 atom stereocenters. The number of halogens is 1. The Hall–Kier alpha value is -3.58. The molecule has 0 N–H and O–H groups in total. The topological polar surface area (TPSA) is 70.2 Å². The minimum atomic E-state index is -0.799. The summed E-state index contributed by atoms with van der Waals surface area (Å²) in [5.41, 5.74) is 2.35. The van der Waals surface area contributed by atoms with Gasteiger partial charge in [-0.25, -0.2) is 4.79 Å². The van der Waals surface area contributed by atoms with E-state index in [-0.39, 0.29) is 17.8 Å². The molecular formula is C27H24ClN3O4. The molecule has 7 nitrogen and oxygen atoms in total. The molecule has 2 saturated heterocycles. The van der Waals surface area contributed by atoms with Gasteiger partial charge in [0, 0.05) is 43.9 Å². The summed E-state index contributed by atoms with van der Waals surface area (Å²) in [6, 6.07) is 12.6. The van der Waals surface area contributed by atoms with E-state index in [9.17, 15) is 14.4 Å². The summed E-state index contributed by atoms with van der Waals surface area (Å²) in [6.07, 6.45) is 7.26. The van der Waals surface area contributed by atoms with Gasteiger partial charge in [-0.1, -0.05) is 42.0 Å². The molecule has 4 aliphatic heterocycles. The zero-order valence-corrected chi connectivity index (χ0v) is 19.8. The van der Waals surface area contributed by atoms with Crippen molar-refractivity contribution in [3.8, 4) is 0 Å². The van der Waals surface area contributed by atoms with Gasteiger partial charge in [0.05, 0.1) is 22.7 Å². The molecule has 2 aromatic carbocycles. The molecule has 4 aliphatic rings. The molecule has 0 saturated carbocycles. The maximum absolute atomic E-state index is 13.4. The Morgan fingerprint density at radius 3 is 2.60 bits per heavy atom. The lowest BCUT2D eigenvalue weighted by molar-refractivity contribution is -0.130. The predicted molar refractivity (Wildman–Crippen MR) is 131 cm³/mol. The molecule has 178 valence electrons. The van der Waals surface area contributed by atoms with Crippen LogP contribution in [0.15, 0.2) is 66.4 Å². The van der Waals surface area contributed by atoms with E-state index in [1.807, 2.05) is 52.3 Å². The highest BCUT2D eigenvalue weighted by Gasteiger charge is 2.51. The third kappa shape index (κ3) is 3.53. The van der Waals surface area contributed by atoms with Crippen molar-refractivity contribution in [2.24, 2.45) is 0 Å². The SMILES string of the molecule is O=C1O[C@]2(CCN(C(=O)c3ccc(N4CC=CC=C4C(=O)N4CCC4)cc3Cl)C2)c2ccccc21. The average Bonchev–Trinajstić information content (AvgIpc) is 3.39. The van der Waals surface area contributed by atoms with E-state index >= 15 is 0 Å². The van der Waals surface area contributed by atoms with Crippen LogP contribution in [0.4, 0.5) is 5.69 Å². The normalized spacial score (nSPS) is 22.7. The number of benzene rings is 2. The summed E-state index contributed by atoms with van der Waals surface area (Å²) in [5.74, 6) is -0.542. The third-order valence-electron chi connectivity index (χ3n) is 7.27. The van der Waals surface area contributed by atoms with E-state index in [0.29, 0.717) is 47.9 Å². The molecule has 8 heteroatoms. The van der Waals surface area contributed by atoms with Gasteiger partial charge in [-0.3, -0.25) is 9.59 Å². The minimum Gasteiger partial charge on any atom is -0.449 e. The van der Waals surface area contributed by atoms with Gasteiger partial charge in [0.15, 0.2) is 5.60 Å². The quantitative estimate of drug-likeness (QED) is 0.614. The van der Waals surface area contributed by atoms with E-state index in [0.717, 1.165) is 30.8 Å². The number of hydrogen-bond donors (Lipinski definition) is 0. The standard InChI is InChI=1S/C27H24ClN3O4/c28-22-16-18(31-14-4-3-8-23(31)25(33)29-12-5-13-29)9-10-20(22)24(32)30-15-11-27(17-30)21-7-2-1-6-19(21)26(34)35-27/h1-4,6-10,16H,5,11-15,17H2/t27-/m0/s1. The Kier molecular flexibility index (Phi) is 5.18. The van der Waals surface area contributed by atoms with Gasteiger partial charge in [-0.05, 0) is 36.8 Å². The molecule has 35 heavy (non-hydrogen) atoms. The number of allylic oxidation sites excluding steroid dienone is 2. The molecule has 0 aliphatic carbocycles. The number of carbonyl (C=O) groups is 3. The van der Waals surface area contributed by atoms with Gasteiger partial charge in [0.25, 0.3) is 11.8 Å². The monoisotopic (exact) mass is 489 g/mol. The van der Waals surface area contributed by atoms with E-state index < -0.39 is 5.60 Å². The Labute approximate surface area is 208 Å². The zero-order chi connectivity index (χ0) is 24.2. The first-order valence-electron chi connectivity index (χ1n) is 11.8. The van der Waals surface area contributed by atoms with E-state index in [2.05, 4.69) is 0 Å². The van der Waals surface area contributed by atoms with Crippen LogP contribution in [0.2, 0.25) is 5.02 Å². The van der Waals surface area contributed by atoms with E-state index in [1.165, 1.54) is 0 Å². The number of carbonyl (C=O) groups excluding carboxylic acids is 3. The average molecular weight is 490 g/mol. The first kappa shape index (κ1) is 21.9. The van der Waals surface area contributed by atoms with Crippen LogP contribution in [0, 0.1) is 0 Å². The van der Waals surface area contributed by atoms with Crippen LogP contribution in [0.3, 0.4) is 0 Å². The molecule has 1 spiro atoms. The number of rotatable bonds is 3. The van der Waals surface area contributed by atoms with Gasteiger partial charge in [-0.15, -0.1) is 0 Å². The maximum Gasteiger partial charge on any atom is 0.339 e. The number of likely N-dealkylation sites (tertiary alicyclic amines) is 2. The second kappa shape index (κ2) is 8.27. The highest BCUT2D eigenvalue weighted by Crippen LogP contribution is 2.43. The molecule has 6 rings (SSSR count). The van der Waals surface area contributed by atoms with E-state index in [4.69, 9.17) is 16.3 Å².